The summed E-state index contributed by atoms with van der Waals surface area (Å²) in [4.78, 5) is 31.3. The zero-order valence-corrected chi connectivity index (χ0v) is 15.5. The van der Waals surface area contributed by atoms with Gasteiger partial charge in [-0.15, -0.1) is 0 Å². The van der Waals surface area contributed by atoms with Gasteiger partial charge in [-0.3, -0.25) is 14.8 Å². The summed E-state index contributed by atoms with van der Waals surface area (Å²) in [6, 6.07) is 8.31. The maximum Gasteiger partial charge on any atom is 0.343 e. The summed E-state index contributed by atoms with van der Waals surface area (Å²) < 4.78 is 19.4. The highest BCUT2D eigenvalue weighted by atomic mass is 19.1. The lowest BCUT2D eigenvalue weighted by molar-refractivity contribution is 0.0528. The van der Waals surface area contributed by atoms with Crippen molar-refractivity contribution in [1.82, 2.24) is 19.5 Å². The highest BCUT2D eigenvalue weighted by Gasteiger charge is 2.29. The number of hydrogen-bond donors (Lipinski definition) is 1. The molecule has 0 radical (unpaired) electrons. The fourth-order valence-corrected chi connectivity index (χ4v) is 3.26. The molecule has 1 aliphatic rings. The average Bonchev–Trinajstić information content (AvgIpc) is 3.42. The van der Waals surface area contributed by atoms with Crippen LogP contribution in [0.4, 0.5) is 4.39 Å². The topological polar surface area (TPSA) is 79.7 Å². The third-order valence-corrected chi connectivity index (χ3v) is 4.77. The average molecular weight is 384 g/mol. The van der Waals surface area contributed by atoms with Crippen LogP contribution >= 0.6 is 0 Å². The summed E-state index contributed by atoms with van der Waals surface area (Å²) in [5.41, 5.74) is 1.80. The Labute approximate surface area is 160 Å². The first-order valence-corrected chi connectivity index (χ1v) is 9.31. The second-order valence-corrected chi connectivity index (χ2v) is 6.91. The van der Waals surface area contributed by atoms with Crippen molar-refractivity contribution in [2.75, 3.05) is 6.61 Å². The molecule has 1 N–H and O–H groups in total. The molecule has 0 bridgehead atoms. The van der Waals surface area contributed by atoms with Gasteiger partial charge < -0.3 is 4.74 Å². The number of esters is 1. The van der Waals surface area contributed by atoms with Gasteiger partial charge in [-0.1, -0.05) is 12.1 Å². The van der Waals surface area contributed by atoms with Crippen LogP contribution in [0, 0.1) is 5.82 Å². The third kappa shape index (κ3) is 3.82. The minimum Gasteiger partial charge on any atom is -0.462 e. The van der Waals surface area contributed by atoms with Crippen LogP contribution in [0.2, 0.25) is 0 Å². The van der Waals surface area contributed by atoms with Gasteiger partial charge in [-0.2, -0.15) is 0 Å². The molecule has 1 aromatic carbocycles. The van der Waals surface area contributed by atoms with E-state index in [0.29, 0.717) is 24.8 Å². The number of fused-ring (bicyclic) bond motifs is 1. The van der Waals surface area contributed by atoms with E-state index in [1.165, 1.54) is 28.9 Å². The molecule has 1 saturated carbocycles. The van der Waals surface area contributed by atoms with E-state index < -0.39 is 5.97 Å². The van der Waals surface area contributed by atoms with Crippen molar-refractivity contribution in [2.24, 2.45) is 0 Å². The number of hydrogen-bond acceptors (Lipinski definition) is 5. The third-order valence-electron chi connectivity index (χ3n) is 4.77. The maximum absolute atomic E-state index is 13.2. The van der Waals surface area contributed by atoms with E-state index in [4.69, 9.17) is 4.74 Å². The van der Waals surface area contributed by atoms with Crippen molar-refractivity contribution in [1.29, 1.82) is 0 Å². The maximum atomic E-state index is 13.2. The molecule has 1 fully saturated rings. The van der Waals surface area contributed by atoms with E-state index in [-0.39, 0.29) is 29.2 Å². The SMILES string of the molecule is CCOC(=O)c1c[nH]n2c(=O)cc(CN(Cc3ccc(F)cc3)C3CC3)nc12. The molecule has 0 aliphatic heterocycles. The zero-order chi connectivity index (χ0) is 19.7. The number of aromatic nitrogens is 3. The van der Waals surface area contributed by atoms with Gasteiger partial charge in [0.05, 0.1) is 12.3 Å². The number of nitrogens with zero attached hydrogens (tertiary/aromatic N) is 3. The molecule has 7 nitrogen and oxygen atoms in total. The van der Waals surface area contributed by atoms with Crippen LogP contribution in [-0.4, -0.2) is 38.1 Å². The standard InChI is InChI=1S/C20H21FN4O3/c1-2-28-20(27)17-10-22-25-18(26)9-15(23-19(17)25)12-24(16-7-8-16)11-13-3-5-14(21)6-4-13/h3-6,9-10,16,22H,2,7-8,11-12H2,1H3. The van der Waals surface area contributed by atoms with Crippen molar-refractivity contribution in [3.63, 3.8) is 0 Å². The lowest BCUT2D eigenvalue weighted by Crippen LogP contribution is -2.27. The fourth-order valence-electron chi connectivity index (χ4n) is 3.26. The summed E-state index contributed by atoms with van der Waals surface area (Å²) in [7, 11) is 0. The first-order chi connectivity index (χ1) is 13.5. The Morgan fingerprint density at radius 1 is 1.32 bits per heavy atom. The summed E-state index contributed by atoms with van der Waals surface area (Å²) in [5.74, 6) is -0.781. The number of aromatic amines is 1. The van der Waals surface area contributed by atoms with Crippen LogP contribution < -0.4 is 5.56 Å². The number of carbonyl (C=O) groups is 1. The molecule has 3 aromatic rings. The number of nitrogens with one attached hydrogen (secondary N) is 1. The predicted molar refractivity (Wildman–Crippen MR) is 100 cm³/mol. The van der Waals surface area contributed by atoms with Gasteiger partial charge in [0.2, 0.25) is 0 Å². The fraction of sp³-hybridized carbons (Fsp3) is 0.350. The number of halogens is 1. The number of carbonyl (C=O) groups excluding carboxylic acids is 1. The molecule has 0 atom stereocenters. The van der Waals surface area contributed by atoms with Crippen LogP contribution in [0.5, 0.6) is 0 Å². The van der Waals surface area contributed by atoms with Crippen molar-refractivity contribution in [3.05, 3.63) is 69.5 Å². The first kappa shape index (κ1) is 18.4. The molecule has 8 heteroatoms. The Morgan fingerprint density at radius 3 is 2.75 bits per heavy atom. The van der Waals surface area contributed by atoms with Crippen LogP contribution in [0.25, 0.3) is 5.65 Å². The molecule has 1 aliphatic carbocycles. The Hall–Kier alpha value is -3.00. The largest absolute Gasteiger partial charge is 0.462 e. The van der Waals surface area contributed by atoms with E-state index >= 15 is 0 Å². The minimum atomic E-state index is -0.518. The number of H-pyrrole nitrogens is 1. The minimum absolute atomic E-state index is 0.234. The molecule has 146 valence electrons. The molecule has 28 heavy (non-hydrogen) atoms. The lowest BCUT2D eigenvalue weighted by atomic mass is 10.2. The smallest absolute Gasteiger partial charge is 0.343 e. The summed E-state index contributed by atoms with van der Waals surface area (Å²) in [6.07, 6.45) is 3.60. The van der Waals surface area contributed by atoms with Crippen molar-refractivity contribution < 1.29 is 13.9 Å². The monoisotopic (exact) mass is 384 g/mol. The molecule has 4 rings (SSSR count). The van der Waals surface area contributed by atoms with E-state index in [9.17, 15) is 14.0 Å². The molecule has 2 heterocycles. The molecule has 0 unspecified atom stereocenters. The first-order valence-electron chi connectivity index (χ1n) is 9.31. The molecule has 0 spiro atoms. The highest BCUT2D eigenvalue weighted by Crippen LogP contribution is 2.29. The van der Waals surface area contributed by atoms with Gasteiger partial charge in [0, 0.05) is 31.4 Å². The number of ether oxygens (including phenoxy) is 1. The second-order valence-electron chi connectivity index (χ2n) is 6.91. The molecular weight excluding hydrogens is 363 g/mol. The van der Waals surface area contributed by atoms with Crippen LogP contribution in [-0.2, 0) is 17.8 Å². The van der Waals surface area contributed by atoms with Gasteiger partial charge in [0.1, 0.15) is 11.4 Å². The van der Waals surface area contributed by atoms with Gasteiger partial charge in [-0.05, 0) is 37.5 Å². The Morgan fingerprint density at radius 2 is 2.07 bits per heavy atom. The van der Waals surface area contributed by atoms with Gasteiger partial charge >= 0.3 is 5.97 Å². The molecular formula is C20H21FN4O3. The lowest BCUT2D eigenvalue weighted by Gasteiger charge is -2.21. The Balaban J connectivity index is 1.61. The van der Waals surface area contributed by atoms with Gasteiger partial charge in [0.25, 0.3) is 5.56 Å². The van der Waals surface area contributed by atoms with Crippen molar-refractivity contribution in [3.8, 4) is 0 Å². The predicted octanol–water partition coefficient (Wildman–Crippen LogP) is 2.50. The van der Waals surface area contributed by atoms with E-state index in [1.807, 2.05) is 0 Å². The highest BCUT2D eigenvalue weighted by molar-refractivity contribution is 5.95. The van der Waals surface area contributed by atoms with Crippen LogP contribution in [0.15, 0.2) is 41.3 Å². The van der Waals surface area contributed by atoms with E-state index in [0.717, 1.165) is 18.4 Å². The zero-order valence-electron chi connectivity index (χ0n) is 15.5. The molecule has 2 aromatic heterocycles. The quantitative estimate of drug-likeness (QED) is 0.633. The van der Waals surface area contributed by atoms with Crippen LogP contribution in [0.3, 0.4) is 0 Å². The summed E-state index contributed by atoms with van der Waals surface area (Å²) >= 11 is 0. The normalized spacial score (nSPS) is 14.0. The van der Waals surface area contributed by atoms with Gasteiger partial charge in [0.15, 0.2) is 5.65 Å². The second kappa shape index (κ2) is 7.55. The van der Waals surface area contributed by atoms with E-state index in [1.54, 1.807) is 19.1 Å². The Kier molecular flexibility index (Phi) is 4.95. The van der Waals surface area contributed by atoms with Crippen molar-refractivity contribution in [2.45, 2.75) is 38.9 Å². The molecule has 0 saturated heterocycles. The van der Waals surface area contributed by atoms with Crippen LogP contribution in [0.1, 0.15) is 41.4 Å². The number of rotatable bonds is 7. The van der Waals surface area contributed by atoms with E-state index in [2.05, 4.69) is 15.0 Å². The van der Waals surface area contributed by atoms with Crippen molar-refractivity contribution >= 4 is 11.6 Å². The summed E-state index contributed by atoms with van der Waals surface area (Å²) in [6.45, 7) is 3.08. The molecule has 0 amide bonds. The summed E-state index contributed by atoms with van der Waals surface area (Å²) in [5, 5.41) is 2.75. The number of benzene rings is 1. The van der Waals surface area contributed by atoms with Gasteiger partial charge in [-0.25, -0.2) is 18.7 Å². The Bertz CT molecular complexity index is 1050.